The summed E-state index contributed by atoms with van der Waals surface area (Å²) in [7, 11) is 0. The lowest BCUT2D eigenvalue weighted by atomic mass is 10.2. The highest BCUT2D eigenvalue weighted by molar-refractivity contribution is 6.31. The molecule has 116 valence electrons. The van der Waals surface area contributed by atoms with Crippen LogP contribution in [0.4, 0.5) is 0 Å². The molecule has 0 aliphatic carbocycles. The van der Waals surface area contributed by atoms with E-state index in [9.17, 15) is 14.4 Å². The summed E-state index contributed by atoms with van der Waals surface area (Å²) in [6.07, 6.45) is -0.987. The number of nitrogens with one attached hydrogen (secondary N) is 1. The zero-order chi connectivity index (χ0) is 16.3. The second kappa shape index (κ2) is 6.62. The van der Waals surface area contributed by atoms with E-state index in [1.807, 2.05) is 0 Å². The Morgan fingerprint density at radius 2 is 2.09 bits per heavy atom. The number of likely N-dealkylation sites (N-methyl/N-ethyl adjacent to an activating group) is 1. The molecule has 2 aromatic rings. The maximum atomic E-state index is 12.0. The number of fused-ring (bicyclic) bond motifs is 1. The molecule has 0 saturated carbocycles. The summed E-state index contributed by atoms with van der Waals surface area (Å²) in [4.78, 5) is 35.5. The van der Waals surface area contributed by atoms with Crippen LogP contribution >= 0.6 is 11.6 Å². The Balaban J connectivity index is 2.27. The van der Waals surface area contributed by atoms with Crippen LogP contribution in [0.5, 0.6) is 0 Å². The number of halogens is 1. The van der Waals surface area contributed by atoms with Crippen molar-refractivity contribution >= 4 is 34.4 Å². The summed E-state index contributed by atoms with van der Waals surface area (Å²) in [6, 6.07) is 5.50. The van der Waals surface area contributed by atoms with Crippen LogP contribution in [0.1, 0.15) is 24.4 Å². The second-order valence-corrected chi connectivity index (χ2v) is 4.99. The van der Waals surface area contributed by atoms with Crippen LogP contribution in [0.3, 0.4) is 0 Å². The summed E-state index contributed by atoms with van der Waals surface area (Å²) in [5.41, 5.74) is -0.198. The summed E-state index contributed by atoms with van der Waals surface area (Å²) in [5, 5.41) is 3.18. The minimum Gasteiger partial charge on any atom is -0.449 e. The van der Waals surface area contributed by atoms with Gasteiger partial charge in [-0.15, -0.1) is 0 Å². The first-order valence-electron chi connectivity index (χ1n) is 6.64. The van der Waals surface area contributed by atoms with Crippen molar-refractivity contribution in [2.75, 3.05) is 6.54 Å². The Morgan fingerprint density at radius 1 is 1.36 bits per heavy atom. The first-order valence-corrected chi connectivity index (χ1v) is 7.02. The lowest BCUT2D eigenvalue weighted by molar-refractivity contribution is -0.129. The van der Waals surface area contributed by atoms with Crippen LogP contribution in [0.25, 0.3) is 11.0 Å². The molecule has 0 bridgehead atoms. The topological polar surface area (TPSA) is 85.6 Å². The predicted molar refractivity (Wildman–Crippen MR) is 81.1 cm³/mol. The van der Waals surface area contributed by atoms with Crippen molar-refractivity contribution in [3.63, 3.8) is 0 Å². The summed E-state index contributed by atoms with van der Waals surface area (Å²) in [6.45, 7) is 3.61. The lowest BCUT2D eigenvalue weighted by Crippen LogP contribution is -2.35. The van der Waals surface area contributed by atoms with Crippen molar-refractivity contribution in [3.05, 3.63) is 45.3 Å². The number of hydrogen-bond donors (Lipinski definition) is 1. The van der Waals surface area contributed by atoms with Crippen molar-refractivity contribution in [2.24, 2.45) is 0 Å². The van der Waals surface area contributed by atoms with Crippen LogP contribution in [0, 0.1) is 0 Å². The number of rotatable bonds is 4. The number of carbonyl (C=O) groups is 2. The smallest absolute Gasteiger partial charge is 0.375 e. The molecule has 0 fully saturated rings. The molecule has 0 spiro atoms. The fourth-order valence-corrected chi connectivity index (χ4v) is 1.99. The van der Waals surface area contributed by atoms with Crippen molar-refractivity contribution in [2.45, 2.75) is 20.0 Å². The van der Waals surface area contributed by atoms with Gasteiger partial charge in [0.1, 0.15) is 5.58 Å². The van der Waals surface area contributed by atoms with Crippen molar-refractivity contribution in [3.8, 4) is 0 Å². The molecule has 0 saturated heterocycles. The van der Waals surface area contributed by atoms with E-state index in [1.165, 1.54) is 19.1 Å². The minimum absolute atomic E-state index is 0.217. The highest BCUT2D eigenvalue weighted by Gasteiger charge is 2.21. The van der Waals surface area contributed by atoms with Crippen molar-refractivity contribution in [1.29, 1.82) is 0 Å². The van der Waals surface area contributed by atoms with Crippen molar-refractivity contribution in [1.82, 2.24) is 5.32 Å². The van der Waals surface area contributed by atoms with Crippen LogP contribution in [-0.2, 0) is 9.53 Å². The Bertz CT molecular complexity index is 783. The van der Waals surface area contributed by atoms with Gasteiger partial charge in [-0.2, -0.15) is 0 Å². The average Bonchev–Trinajstić information content (AvgIpc) is 2.47. The molecule has 6 nitrogen and oxygen atoms in total. The number of esters is 1. The van der Waals surface area contributed by atoms with Gasteiger partial charge >= 0.3 is 5.97 Å². The molecule has 2 rings (SSSR count). The maximum absolute atomic E-state index is 12.0. The quantitative estimate of drug-likeness (QED) is 0.871. The van der Waals surface area contributed by atoms with E-state index in [0.717, 1.165) is 6.07 Å². The number of amides is 1. The molecule has 1 N–H and O–H groups in total. The molecule has 0 aliphatic heterocycles. The van der Waals surface area contributed by atoms with E-state index in [4.69, 9.17) is 20.8 Å². The van der Waals surface area contributed by atoms with E-state index in [0.29, 0.717) is 11.6 Å². The van der Waals surface area contributed by atoms with Gasteiger partial charge in [0, 0.05) is 17.6 Å². The second-order valence-electron chi connectivity index (χ2n) is 4.56. The van der Waals surface area contributed by atoms with Gasteiger partial charge in [-0.05, 0) is 32.0 Å². The summed E-state index contributed by atoms with van der Waals surface area (Å²) < 4.78 is 10.3. The third-order valence-electron chi connectivity index (χ3n) is 2.89. The van der Waals surface area contributed by atoms with E-state index >= 15 is 0 Å². The molecular formula is C15H14ClNO5. The first kappa shape index (κ1) is 16.0. The van der Waals surface area contributed by atoms with Gasteiger partial charge in [0.15, 0.2) is 11.5 Å². The van der Waals surface area contributed by atoms with Crippen LogP contribution in [-0.4, -0.2) is 24.5 Å². The van der Waals surface area contributed by atoms with Gasteiger partial charge < -0.3 is 14.5 Å². The molecule has 1 heterocycles. The van der Waals surface area contributed by atoms with Gasteiger partial charge in [0.2, 0.25) is 5.76 Å². The zero-order valence-electron chi connectivity index (χ0n) is 12.0. The molecule has 0 radical (unpaired) electrons. The molecule has 1 aromatic carbocycles. The SMILES string of the molecule is CCNC(=O)[C@@H](C)OC(=O)c1cc(=O)c2cc(Cl)ccc2o1. The van der Waals surface area contributed by atoms with E-state index < -0.39 is 23.4 Å². The average molecular weight is 324 g/mol. The highest BCUT2D eigenvalue weighted by atomic mass is 35.5. The minimum atomic E-state index is -0.987. The third kappa shape index (κ3) is 3.46. The number of carbonyl (C=O) groups excluding carboxylic acids is 2. The highest BCUT2D eigenvalue weighted by Crippen LogP contribution is 2.18. The first-order chi connectivity index (χ1) is 10.4. The Hall–Kier alpha value is -2.34. The van der Waals surface area contributed by atoms with E-state index in [1.54, 1.807) is 13.0 Å². The Morgan fingerprint density at radius 3 is 2.77 bits per heavy atom. The molecule has 0 aliphatic rings. The standard InChI is InChI=1S/C15H14ClNO5/c1-3-17-14(19)8(2)21-15(20)13-7-11(18)10-6-9(16)4-5-12(10)22-13/h4-8H,3H2,1-2H3,(H,17,19)/t8-/m1/s1. The van der Waals surface area contributed by atoms with Crippen molar-refractivity contribution < 1.29 is 18.7 Å². The fourth-order valence-electron chi connectivity index (χ4n) is 1.82. The molecule has 0 unspecified atom stereocenters. The molecule has 7 heteroatoms. The lowest BCUT2D eigenvalue weighted by Gasteiger charge is -2.12. The van der Waals surface area contributed by atoms with E-state index in [2.05, 4.69) is 5.32 Å². The van der Waals surface area contributed by atoms with Crippen LogP contribution in [0.2, 0.25) is 5.02 Å². The normalized spacial score (nSPS) is 12.0. The number of benzene rings is 1. The van der Waals surface area contributed by atoms with E-state index in [-0.39, 0.29) is 16.7 Å². The number of ether oxygens (including phenoxy) is 1. The summed E-state index contributed by atoms with van der Waals surface area (Å²) in [5.74, 6) is -1.57. The Labute approximate surface area is 131 Å². The maximum Gasteiger partial charge on any atom is 0.375 e. The largest absolute Gasteiger partial charge is 0.449 e. The molecule has 1 amide bonds. The van der Waals surface area contributed by atoms with Gasteiger partial charge in [-0.25, -0.2) is 4.79 Å². The van der Waals surface area contributed by atoms with Gasteiger partial charge in [0.25, 0.3) is 5.91 Å². The molecular weight excluding hydrogens is 310 g/mol. The molecule has 22 heavy (non-hydrogen) atoms. The zero-order valence-corrected chi connectivity index (χ0v) is 12.8. The van der Waals surface area contributed by atoms with Gasteiger partial charge in [0.05, 0.1) is 5.39 Å². The van der Waals surface area contributed by atoms with Crippen LogP contribution < -0.4 is 10.7 Å². The van der Waals surface area contributed by atoms with Gasteiger partial charge in [-0.3, -0.25) is 9.59 Å². The molecule has 1 atom stereocenters. The third-order valence-corrected chi connectivity index (χ3v) is 3.13. The summed E-state index contributed by atoms with van der Waals surface area (Å²) >= 11 is 5.81. The Kier molecular flexibility index (Phi) is 4.82. The predicted octanol–water partition coefficient (Wildman–Crippen LogP) is 2.13. The monoisotopic (exact) mass is 323 g/mol. The van der Waals surface area contributed by atoms with Gasteiger partial charge in [-0.1, -0.05) is 11.6 Å². The van der Waals surface area contributed by atoms with Crippen LogP contribution in [0.15, 0.2) is 33.5 Å². The number of hydrogen-bond acceptors (Lipinski definition) is 5. The fraction of sp³-hybridized carbons (Fsp3) is 0.267. The molecule has 1 aromatic heterocycles.